The highest BCUT2D eigenvalue weighted by Gasteiger charge is 2.25. The lowest BCUT2D eigenvalue weighted by atomic mass is 10.1. The molecule has 8 heteroatoms. The van der Waals surface area contributed by atoms with Crippen LogP contribution in [0, 0.1) is 0 Å². The fraction of sp³-hybridized carbons (Fsp3) is 0.412. The molecule has 2 aliphatic rings. The quantitative estimate of drug-likeness (QED) is 0.810. The van der Waals surface area contributed by atoms with E-state index in [0.717, 1.165) is 43.6 Å². The number of nitrogens with zero attached hydrogens (tertiary/aromatic N) is 4. The Balaban J connectivity index is 0.00000113. The Labute approximate surface area is 160 Å². The first-order chi connectivity index (χ1) is 11.3. The van der Waals surface area contributed by atoms with Gasteiger partial charge >= 0.3 is 0 Å². The van der Waals surface area contributed by atoms with E-state index in [0.29, 0.717) is 12.8 Å². The summed E-state index contributed by atoms with van der Waals surface area (Å²) in [5.74, 6) is 2.52. The summed E-state index contributed by atoms with van der Waals surface area (Å²) in [6, 6.07) is 8.49. The van der Waals surface area contributed by atoms with Crippen LogP contribution in [0.15, 0.2) is 36.7 Å². The van der Waals surface area contributed by atoms with E-state index < -0.39 is 0 Å². The van der Waals surface area contributed by atoms with E-state index in [2.05, 4.69) is 38.8 Å². The van der Waals surface area contributed by atoms with Crippen LogP contribution < -0.4 is 14.4 Å². The molecule has 136 valence electrons. The van der Waals surface area contributed by atoms with Gasteiger partial charge in [-0.3, -0.25) is 4.90 Å². The van der Waals surface area contributed by atoms with Gasteiger partial charge in [0.2, 0.25) is 12.7 Å². The summed E-state index contributed by atoms with van der Waals surface area (Å²) in [6.07, 6.45) is 3.60. The van der Waals surface area contributed by atoms with Gasteiger partial charge in [0.25, 0.3) is 0 Å². The van der Waals surface area contributed by atoms with Gasteiger partial charge in [0, 0.05) is 44.6 Å². The summed E-state index contributed by atoms with van der Waals surface area (Å²) in [4.78, 5) is 13.4. The van der Waals surface area contributed by atoms with Crippen molar-refractivity contribution >= 4 is 30.8 Å². The van der Waals surface area contributed by atoms with Crippen LogP contribution in [0.3, 0.4) is 0 Å². The van der Waals surface area contributed by atoms with Gasteiger partial charge in [0.1, 0.15) is 0 Å². The second-order valence-electron chi connectivity index (χ2n) is 6.00. The Bertz CT molecular complexity index is 690. The van der Waals surface area contributed by atoms with Crippen molar-refractivity contribution in [3.8, 4) is 11.5 Å². The number of piperazine rings is 1. The molecule has 1 aromatic carbocycles. The molecule has 2 aliphatic heterocycles. The predicted octanol–water partition coefficient (Wildman–Crippen LogP) is 2.76. The largest absolute Gasteiger partial charge is 0.454 e. The molecule has 2 aromatic rings. The molecule has 0 amide bonds. The molecule has 1 saturated heterocycles. The van der Waals surface area contributed by atoms with Crippen molar-refractivity contribution in [2.45, 2.75) is 19.5 Å². The first-order valence-electron chi connectivity index (χ1n) is 7.94. The van der Waals surface area contributed by atoms with Crippen molar-refractivity contribution in [1.29, 1.82) is 0 Å². The zero-order valence-corrected chi connectivity index (χ0v) is 15.6. The lowest BCUT2D eigenvalue weighted by molar-refractivity contribution is 0.173. The molecule has 1 aromatic heterocycles. The smallest absolute Gasteiger partial charge is 0.231 e. The van der Waals surface area contributed by atoms with Crippen LogP contribution in [0.25, 0.3) is 0 Å². The van der Waals surface area contributed by atoms with Crippen LogP contribution in [-0.2, 0) is 6.54 Å². The van der Waals surface area contributed by atoms with Gasteiger partial charge in [-0.2, -0.15) is 0 Å². The molecule has 0 N–H and O–H groups in total. The molecule has 0 aliphatic carbocycles. The molecule has 4 rings (SSSR count). The summed E-state index contributed by atoms with van der Waals surface area (Å²) >= 11 is 0. The van der Waals surface area contributed by atoms with Crippen molar-refractivity contribution in [1.82, 2.24) is 14.9 Å². The third-order valence-electron chi connectivity index (χ3n) is 4.42. The van der Waals surface area contributed by atoms with E-state index in [-0.39, 0.29) is 24.8 Å². The minimum Gasteiger partial charge on any atom is -0.454 e. The van der Waals surface area contributed by atoms with Crippen molar-refractivity contribution in [3.63, 3.8) is 0 Å². The van der Waals surface area contributed by atoms with Crippen LogP contribution >= 0.6 is 24.8 Å². The van der Waals surface area contributed by atoms with Crippen LogP contribution in [0.2, 0.25) is 0 Å². The van der Waals surface area contributed by atoms with Gasteiger partial charge in [0.15, 0.2) is 11.5 Å². The number of halogens is 2. The van der Waals surface area contributed by atoms with Gasteiger partial charge < -0.3 is 14.4 Å². The number of aromatic nitrogens is 2. The number of hydrogen-bond acceptors (Lipinski definition) is 6. The van der Waals surface area contributed by atoms with Gasteiger partial charge in [-0.1, -0.05) is 6.07 Å². The summed E-state index contributed by atoms with van der Waals surface area (Å²) in [5, 5.41) is 0. The fourth-order valence-electron chi connectivity index (χ4n) is 3.14. The minimum atomic E-state index is 0. The third kappa shape index (κ3) is 4.26. The van der Waals surface area contributed by atoms with Crippen LogP contribution in [-0.4, -0.2) is 47.3 Å². The molecule has 0 radical (unpaired) electrons. The lowest BCUT2D eigenvalue weighted by Crippen LogP contribution is -2.51. The Kier molecular flexibility index (Phi) is 6.70. The first-order valence-corrected chi connectivity index (χ1v) is 7.94. The zero-order valence-electron chi connectivity index (χ0n) is 14.0. The van der Waals surface area contributed by atoms with Gasteiger partial charge in [-0.05, 0) is 30.7 Å². The SMILES string of the molecule is CC1CN(c2ncccn2)CCN1Cc1ccc2c(c1)OCO2.Cl.Cl. The van der Waals surface area contributed by atoms with E-state index in [4.69, 9.17) is 9.47 Å². The number of rotatable bonds is 3. The Morgan fingerprint density at radius 2 is 1.84 bits per heavy atom. The highest BCUT2D eigenvalue weighted by Crippen LogP contribution is 2.33. The molecule has 0 spiro atoms. The average Bonchev–Trinajstić information content (AvgIpc) is 3.05. The Morgan fingerprint density at radius 3 is 2.60 bits per heavy atom. The summed E-state index contributed by atoms with van der Waals surface area (Å²) in [6.45, 7) is 6.37. The Morgan fingerprint density at radius 1 is 1.08 bits per heavy atom. The number of ether oxygens (including phenoxy) is 2. The molecule has 1 atom stereocenters. The maximum absolute atomic E-state index is 5.46. The molecular weight excluding hydrogens is 363 g/mol. The molecular formula is C17H22Cl2N4O2. The van der Waals surface area contributed by atoms with E-state index in [1.165, 1.54) is 5.56 Å². The average molecular weight is 385 g/mol. The number of benzene rings is 1. The monoisotopic (exact) mass is 384 g/mol. The first kappa shape index (κ1) is 19.6. The van der Waals surface area contributed by atoms with E-state index in [1.54, 1.807) is 12.4 Å². The van der Waals surface area contributed by atoms with Gasteiger partial charge in [0.05, 0.1) is 0 Å². The molecule has 25 heavy (non-hydrogen) atoms. The topological polar surface area (TPSA) is 50.7 Å². The molecule has 6 nitrogen and oxygen atoms in total. The molecule has 0 saturated carbocycles. The highest BCUT2D eigenvalue weighted by atomic mass is 35.5. The van der Waals surface area contributed by atoms with Crippen molar-refractivity contribution < 1.29 is 9.47 Å². The summed E-state index contributed by atoms with van der Waals surface area (Å²) in [7, 11) is 0. The summed E-state index contributed by atoms with van der Waals surface area (Å²) in [5.41, 5.74) is 1.26. The number of fused-ring (bicyclic) bond motifs is 1. The fourth-order valence-corrected chi connectivity index (χ4v) is 3.14. The predicted molar refractivity (Wildman–Crippen MR) is 101 cm³/mol. The Hall–Kier alpha value is -1.76. The molecule has 3 heterocycles. The van der Waals surface area contributed by atoms with Crippen LogP contribution in [0.4, 0.5) is 5.95 Å². The molecule has 0 bridgehead atoms. The second-order valence-corrected chi connectivity index (χ2v) is 6.00. The van der Waals surface area contributed by atoms with Crippen molar-refractivity contribution in [2.75, 3.05) is 31.3 Å². The highest BCUT2D eigenvalue weighted by molar-refractivity contribution is 5.85. The molecule has 1 unspecified atom stereocenters. The van der Waals surface area contributed by atoms with Crippen LogP contribution in [0.5, 0.6) is 11.5 Å². The van der Waals surface area contributed by atoms with Gasteiger partial charge in [-0.25, -0.2) is 9.97 Å². The van der Waals surface area contributed by atoms with E-state index in [1.807, 2.05) is 12.1 Å². The van der Waals surface area contributed by atoms with E-state index in [9.17, 15) is 0 Å². The maximum Gasteiger partial charge on any atom is 0.231 e. The zero-order chi connectivity index (χ0) is 15.6. The summed E-state index contributed by atoms with van der Waals surface area (Å²) < 4.78 is 10.8. The maximum atomic E-state index is 5.46. The van der Waals surface area contributed by atoms with Crippen LogP contribution in [0.1, 0.15) is 12.5 Å². The molecule has 1 fully saturated rings. The standard InChI is InChI=1S/C17H20N4O2.2ClH/c1-13-10-21(17-18-5-2-6-19-17)8-7-20(13)11-14-3-4-15-16(9-14)23-12-22-15;;/h2-6,9,13H,7-8,10-12H2,1H3;2*1H. The van der Waals surface area contributed by atoms with Crippen molar-refractivity contribution in [2.24, 2.45) is 0 Å². The van der Waals surface area contributed by atoms with Crippen molar-refractivity contribution in [3.05, 3.63) is 42.2 Å². The van der Waals surface area contributed by atoms with Gasteiger partial charge in [-0.15, -0.1) is 24.8 Å². The lowest BCUT2D eigenvalue weighted by Gasteiger charge is -2.39. The second kappa shape index (κ2) is 8.56. The van der Waals surface area contributed by atoms with E-state index >= 15 is 0 Å². The normalized spacial score (nSPS) is 19.1. The number of hydrogen-bond donors (Lipinski definition) is 0. The third-order valence-corrected chi connectivity index (χ3v) is 4.42. The minimum absolute atomic E-state index is 0. The number of anilines is 1.